The summed E-state index contributed by atoms with van der Waals surface area (Å²) in [7, 11) is 0. The third-order valence-corrected chi connectivity index (χ3v) is 4.54. The second kappa shape index (κ2) is 8.86. The Hall–Kier alpha value is -0.310. The number of benzene rings is 1. The van der Waals surface area contributed by atoms with Crippen LogP contribution in [-0.2, 0) is 10.2 Å². The largest absolute Gasteiger partial charge is 0.381 e. The van der Waals surface area contributed by atoms with Crippen molar-refractivity contribution in [1.82, 2.24) is 0 Å². The Morgan fingerprint density at radius 2 is 1.80 bits per heavy atom. The Kier molecular flexibility index (Phi) is 7.86. The van der Waals surface area contributed by atoms with Gasteiger partial charge in [-0.25, -0.2) is 4.39 Å². The number of halogens is 3. The highest BCUT2D eigenvalue weighted by atomic mass is 35.5. The van der Waals surface area contributed by atoms with E-state index in [-0.39, 0.29) is 17.6 Å². The first-order valence-corrected chi connectivity index (χ1v) is 8.07. The van der Waals surface area contributed by atoms with Crippen LogP contribution < -0.4 is 0 Å². The van der Waals surface area contributed by atoms with Crippen LogP contribution in [-0.4, -0.2) is 25.0 Å². The minimum absolute atomic E-state index is 0.254. The summed E-state index contributed by atoms with van der Waals surface area (Å²) in [6.07, 6.45) is 1.65. The predicted molar refractivity (Wildman–Crippen MR) is 84.4 cm³/mol. The Labute approximate surface area is 131 Å². The van der Waals surface area contributed by atoms with E-state index in [2.05, 4.69) is 13.8 Å². The van der Waals surface area contributed by atoms with Crippen LogP contribution in [0.3, 0.4) is 0 Å². The fourth-order valence-corrected chi connectivity index (χ4v) is 2.87. The van der Waals surface area contributed by atoms with Gasteiger partial charge in [-0.3, -0.25) is 0 Å². The fraction of sp³-hybridized carbons (Fsp3) is 0.625. The molecule has 0 amide bonds. The lowest BCUT2D eigenvalue weighted by molar-refractivity contribution is 0.109. The molecule has 1 aromatic carbocycles. The summed E-state index contributed by atoms with van der Waals surface area (Å²) >= 11 is 12.2. The SMILES string of the molecule is CC(C)CCOCCC(CCl)(CCl)c1ccccc1F. The van der Waals surface area contributed by atoms with Gasteiger partial charge in [-0.2, -0.15) is 0 Å². The van der Waals surface area contributed by atoms with Crippen LogP contribution >= 0.6 is 23.2 Å². The lowest BCUT2D eigenvalue weighted by Crippen LogP contribution is -2.33. The summed E-state index contributed by atoms with van der Waals surface area (Å²) in [5, 5.41) is 0. The van der Waals surface area contributed by atoms with Gasteiger partial charge in [0.1, 0.15) is 5.82 Å². The van der Waals surface area contributed by atoms with E-state index >= 15 is 0 Å². The second-order valence-electron chi connectivity index (χ2n) is 5.57. The molecule has 1 nitrogen and oxygen atoms in total. The molecule has 0 radical (unpaired) electrons. The quantitative estimate of drug-likeness (QED) is 0.460. The number of hydrogen-bond donors (Lipinski definition) is 0. The summed E-state index contributed by atoms with van der Waals surface area (Å²) < 4.78 is 19.6. The Morgan fingerprint density at radius 1 is 1.15 bits per heavy atom. The molecule has 1 aromatic rings. The molecule has 0 N–H and O–H groups in total. The molecular weight excluding hydrogens is 298 g/mol. The molecule has 0 aromatic heterocycles. The van der Waals surface area contributed by atoms with Gasteiger partial charge in [0.25, 0.3) is 0 Å². The van der Waals surface area contributed by atoms with Crippen LogP contribution in [0.4, 0.5) is 4.39 Å². The molecule has 0 atom stereocenters. The van der Waals surface area contributed by atoms with Gasteiger partial charge in [0.15, 0.2) is 0 Å². The molecule has 20 heavy (non-hydrogen) atoms. The molecule has 0 fully saturated rings. The highest BCUT2D eigenvalue weighted by Gasteiger charge is 2.32. The first kappa shape index (κ1) is 17.7. The average molecular weight is 321 g/mol. The Bertz CT molecular complexity index is 392. The molecule has 0 aliphatic rings. The Morgan fingerprint density at radius 3 is 2.35 bits per heavy atom. The molecule has 4 heteroatoms. The summed E-state index contributed by atoms with van der Waals surface area (Å²) in [6.45, 7) is 5.57. The lowest BCUT2D eigenvalue weighted by atomic mass is 9.81. The van der Waals surface area contributed by atoms with Crippen molar-refractivity contribution >= 4 is 23.2 Å². The molecule has 0 aliphatic heterocycles. The molecule has 0 spiro atoms. The average Bonchev–Trinajstić information content (AvgIpc) is 2.44. The first-order valence-electron chi connectivity index (χ1n) is 7.00. The Balaban J connectivity index is 2.66. The van der Waals surface area contributed by atoms with Crippen LogP contribution in [0.5, 0.6) is 0 Å². The van der Waals surface area contributed by atoms with E-state index in [9.17, 15) is 4.39 Å². The monoisotopic (exact) mass is 320 g/mol. The predicted octanol–water partition coefficient (Wildman–Crippen LogP) is 4.99. The van der Waals surface area contributed by atoms with E-state index in [1.54, 1.807) is 12.1 Å². The topological polar surface area (TPSA) is 9.23 Å². The van der Waals surface area contributed by atoms with E-state index in [0.717, 1.165) is 13.0 Å². The van der Waals surface area contributed by atoms with Crippen LogP contribution in [0.15, 0.2) is 24.3 Å². The van der Waals surface area contributed by atoms with Gasteiger partial charge in [0.05, 0.1) is 0 Å². The summed E-state index contributed by atoms with van der Waals surface area (Å²) in [4.78, 5) is 0. The van der Waals surface area contributed by atoms with E-state index in [4.69, 9.17) is 27.9 Å². The minimum Gasteiger partial charge on any atom is -0.381 e. The third kappa shape index (κ3) is 4.91. The smallest absolute Gasteiger partial charge is 0.127 e. The van der Waals surface area contributed by atoms with Gasteiger partial charge in [-0.05, 0) is 30.4 Å². The number of ether oxygens (including phenoxy) is 1. The molecule has 0 heterocycles. The van der Waals surface area contributed by atoms with Crippen molar-refractivity contribution in [2.45, 2.75) is 32.1 Å². The standard InChI is InChI=1S/C16H23Cl2FO/c1-13(2)7-9-20-10-8-16(11-17,12-18)14-5-3-4-6-15(14)19/h3-6,13H,7-12H2,1-2H3. The van der Waals surface area contributed by atoms with Crippen LogP contribution in [0, 0.1) is 11.7 Å². The molecule has 1 rings (SSSR count). The molecule has 114 valence electrons. The zero-order chi connectivity index (χ0) is 15.0. The molecule has 0 bridgehead atoms. The number of rotatable bonds is 9. The second-order valence-corrected chi connectivity index (χ2v) is 6.11. The molecule has 0 saturated carbocycles. The van der Waals surface area contributed by atoms with Gasteiger partial charge in [-0.1, -0.05) is 32.0 Å². The van der Waals surface area contributed by atoms with Crippen molar-refractivity contribution in [3.63, 3.8) is 0 Å². The van der Waals surface area contributed by atoms with Crippen LogP contribution in [0.2, 0.25) is 0 Å². The molecule has 0 saturated heterocycles. The van der Waals surface area contributed by atoms with Gasteiger partial charge < -0.3 is 4.74 Å². The summed E-state index contributed by atoms with van der Waals surface area (Å²) in [6, 6.07) is 6.69. The van der Waals surface area contributed by atoms with Crippen molar-refractivity contribution in [3.05, 3.63) is 35.6 Å². The number of hydrogen-bond acceptors (Lipinski definition) is 1. The highest BCUT2D eigenvalue weighted by Crippen LogP contribution is 2.33. The van der Waals surface area contributed by atoms with Crippen molar-refractivity contribution in [1.29, 1.82) is 0 Å². The zero-order valence-corrected chi connectivity index (χ0v) is 13.7. The van der Waals surface area contributed by atoms with Gasteiger partial charge in [-0.15, -0.1) is 23.2 Å². The highest BCUT2D eigenvalue weighted by molar-refractivity contribution is 6.22. The normalized spacial score (nSPS) is 12.1. The van der Waals surface area contributed by atoms with Gasteiger partial charge in [0.2, 0.25) is 0 Å². The summed E-state index contributed by atoms with van der Waals surface area (Å²) in [5.74, 6) is 0.930. The van der Waals surface area contributed by atoms with Gasteiger partial charge >= 0.3 is 0 Å². The van der Waals surface area contributed by atoms with Crippen molar-refractivity contribution in [3.8, 4) is 0 Å². The van der Waals surface area contributed by atoms with E-state index in [0.29, 0.717) is 24.5 Å². The lowest BCUT2D eigenvalue weighted by Gasteiger charge is -2.30. The van der Waals surface area contributed by atoms with E-state index < -0.39 is 5.41 Å². The number of alkyl halides is 2. The minimum atomic E-state index is -0.563. The van der Waals surface area contributed by atoms with Crippen molar-refractivity contribution in [2.75, 3.05) is 25.0 Å². The van der Waals surface area contributed by atoms with Crippen molar-refractivity contribution in [2.24, 2.45) is 5.92 Å². The molecular formula is C16H23Cl2FO. The first-order chi connectivity index (χ1) is 9.55. The fourth-order valence-electron chi connectivity index (χ4n) is 2.03. The maximum absolute atomic E-state index is 14.0. The molecule has 0 unspecified atom stereocenters. The van der Waals surface area contributed by atoms with Crippen LogP contribution in [0.1, 0.15) is 32.3 Å². The maximum atomic E-state index is 14.0. The summed E-state index contributed by atoms with van der Waals surface area (Å²) in [5.41, 5.74) is 0.0178. The maximum Gasteiger partial charge on any atom is 0.127 e. The van der Waals surface area contributed by atoms with Crippen molar-refractivity contribution < 1.29 is 9.13 Å². The van der Waals surface area contributed by atoms with E-state index in [1.165, 1.54) is 6.07 Å². The third-order valence-electron chi connectivity index (χ3n) is 3.52. The van der Waals surface area contributed by atoms with Gasteiger partial charge in [0, 0.05) is 30.4 Å². The zero-order valence-electron chi connectivity index (χ0n) is 12.2. The molecule has 0 aliphatic carbocycles. The van der Waals surface area contributed by atoms with E-state index in [1.807, 2.05) is 6.07 Å². The van der Waals surface area contributed by atoms with Crippen LogP contribution in [0.25, 0.3) is 0 Å².